The van der Waals surface area contributed by atoms with E-state index in [9.17, 15) is 8.42 Å². The molecule has 2 N–H and O–H groups in total. The van der Waals surface area contributed by atoms with Gasteiger partial charge < -0.3 is 0 Å². The second kappa shape index (κ2) is 5.48. The van der Waals surface area contributed by atoms with Crippen LogP contribution in [0, 0.1) is 0 Å². The number of rotatable bonds is 4. The van der Waals surface area contributed by atoms with Crippen molar-refractivity contribution < 1.29 is 8.42 Å². The molecule has 3 rings (SSSR count). The van der Waals surface area contributed by atoms with Crippen molar-refractivity contribution in [2.45, 2.75) is 42.9 Å². The average molecular weight is 316 g/mol. The minimum Gasteiger partial charge on any atom is -0.261 e. The Morgan fingerprint density at radius 1 is 1.14 bits per heavy atom. The van der Waals surface area contributed by atoms with Gasteiger partial charge >= 0.3 is 0 Å². The van der Waals surface area contributed by atoms with Crippen molar-refractivity contribution in [2.75, 3.05) is 0 Å². The molecule has 4 nitrogen and oxygen atoms in total. The highest BCUT2D eigenvalue weighted by molar-refractivity contribution is 7.89. The Labute approximate surface area is 131 Å². The third-order valence-corrected chi connectivity index (χ3v) is 5.21. The van der Waals surface area contributed by atoms with Crippen LogP contribution in [0.3, 0.4) is 0 Å². The molecular weight excluding hydrogens is 296 g/mol. The molecule has 1 aliphatic rings. The molecule has 1 fully saturated rings. The van der Waals surface area contributed by atoms with E-state index in [1.165, 1.54) is 5.56 Å². The molecule has 2 atom stereocenters. The molecule has 0 aliphatic heterocycles. The van der Waals surface area contributed by atoms with Crippen molar-refractivity contribution in [3.05, 3.63) is 59.4 Å². The van der Waals surface area contributed by atoms with Crippen LogP contribution in [0.1, 0.15) is 54.8 Å². The second-order valence-corrected chi connectivity index (χ2v) is 7.79. The van der Waals surface area contributed by atoms with Gasteiger partial charge in [0.2, 0.25) is 10.0 Å². The van der Waals surface area contributed by atoms with E-state index in [0.29, 0.717) is 17.8 Å². The Morgan fingerprint density at radius 3 is 2.41 bits per heavy atom. The molecule has 0 amide bonds. The lowest BCUT2D eigenvalue weighted by Gasteiger charge is -2.07. The van der Waals surface area contributed by atoms with Crippen LogP contribution in [0.2, 0.25) is 0 Å². The fourth-order valence-corrected chi connectivity index (χ4v) is 3.34. The van der Waals surface area contributed by atoms with Gasteiger partial charge in [-0.15, -0.1) is 0 Å². The van der Waals surface area contributed by atoms with Gasteiger partial charge in [-0.05, 0) is 53.6 Å². The molecule has 0 saturated heterocycles. The van der Waals surface area contributed by atoms with E-state index in [1.807, 2.05) is 18.3 Å². The van der Waals surface area contributed by atoms with Gasteiger partial charge in [0.05, 0.1) is 4.90 Å². The number of nitrogens with zero attached hydrogens (tertiary/aromatic N) is 1. The van der Waals surface area contributed by atoms with Crippen LogP contribution in [0.15, 0.2) is 47.5 Å². The first-order chi connectivity index (χ1) is 10.4. The van der Waals surface area contributed by atoms with Crippen LogP contribution in [-0.2, 0) is 10.0 Å². The molecule has 0 unspecified atom stereocenters. The number of hydrogen-bond acceptors (Lipinski definition) is 3. The zero-order chi connectivity index (χ0) is 15.9. The number of aromatic nitrogens is 1. The van der Waals surface area contributed by atoms with E-state index in [4.69, 9.17) is 5.14 Å². The molecule has 1 aromatic heterocycles. The molecule has 5 heteroatoms. The molecular formula is C17H20N2O2S. The summed E-state index contributed by atoms with van der Waals surface area (Å²) in [7, 11) is -3.62. The molecule has 2 aromatic rings. The van der Waals surface area contributed by atoms with Crippen LogP contribution in [-0.4, -0.2) is 13.4 Å². The zero-order valence-corrected chi connectivity index (χ0v) is 13.5. The first kappa shape index (κ1) is 15.2. The summed E-state index contributed by atoms with van der Waals surface area (Å²) in [5, 5.41) is 5.12. The first-order valence-corrected chi connectivity index (χ1v) is 8.99. The minimum atomic E-state index is -3.62. The van der Waals surface area contributed by atoms with Gasteiger partial charge in [-0.2, -0.15) is 0 Å². The van der Waals surface area contributed by atoms with Gasteiger partial charge in [-0.1, -0.05) is 26.0 Å². The molecule has 1 aliphatic carbocycles. The maximum absolute atomic E-state index is 11.3. The highest BCUT2D eigenvalue weighted by Crippen LogP contribution is 2.54. The minimum absolute atomic E-state index is 0.161. The van der Waals surface area contributed by atoms with E-state index in [1.54, 1.807) is 12.1 Å². The van der Waals surface area contributed by atoms with Gasteiger partial charge in [-0.25, -0.2) is 13.6 Å². The molecule has 22 heavy (non-hydrogen) atoms. The first-order valence-electron chi connectivity index (χ1n) is 7.45. The van der Waals surface area contributed by atoms with Crippen LogP contribution >= 0.6 is 0 Å². The summed E-state index contributed by atoms with van der Waals surface area (Å²) in [6, 6.07) is 11.1. The van der Waals surface area contributed by atoms with Crippen molar-refractivity contribution in [1.29, 1.82) is 0 Å². The number of hydrogen-bond donors (Lipinski definition) is 1. The van der Waals surface area contributed by atoms with Crippen LogP contribution in [0.5, 0.6) is 0 Å². The smallest absolute Gasteiger partial charge is 0.238 e. The maximum atomic E-state index is 11.3. The summed E-state index contributed by atoms with van der Waals surface area (Å²) >= 11 is 0. The summed E-state index contributed by atoms with van der Waals surface area (Å²) in [6.45, 7) is 4.35. The predicted octanol–water partition coefficient (Wildman–Crippen LogP) is 3.12. The summed E-state index contributed by atoms with van der Waals surface area (Å²) in [5.74, 6) is 1.34. The second-order valence-electron chi connectivity index (χ2n) is 6.23. The van der Waals surface area contributed by atoms with Gasteiger partial charge in [-0.3, -0.25) is 4.98 Å². The lowest BCUT2D eigenvalue weighted by atomic mass is 10.0. The van der Waals surface area contributed by atoms with Crippen molar-refractivity contribution >= 4 is 10.0 Å². The Morgan fingerprint density at radius 2 is 1.82 bits per heavy atom. The van der Waals surface area contributed by atoms with Crippen LogP contribution in [0.4, 0.5) is 0 Å². The lowest BCUT2D eigenvalue weighted by molar-refractivity contribution is 0.598. The van der Waals surface area contributed by atoms with E-state index in [0.717, 1.165) is 17.7 Å². The molecule has 1 heterocycles. The number of benzene rings is 1. The number of nitrogens with two attached hydrogens (primary N) is 1. The Kier molecular flexibility index (Phi) is 3.78. The predicted molar refractivity (Wildman–Crippen MR) is 86.2 cm³/mol. The lowest BCUT2D eigenvalue weighted by Crippen LogP contribution is -2.11. The maximum Gasteiger partial charge on any atom is 0.238 e. The molecule has 1 saturated carbocycles. The van der Waals surface area contributed by atoms with E-state index in [-0.39, 0.29) is 4.90 Å². The van der Waals surface area contributed by atoms with Crippen molar-refractivity contribution in [1.82, 2.24) is 4.98 Å². The Balaban J connectivity index is 1.78. The number of pyridine rings is 1. The van der Waals surface area contributed by atoms with Crippen molar-refractivity contribution in [3.8, 4) is 0 Å². The quantitative estimate of drug-likeness (QED) is 0.942. The average Bonchev–Trinajstić information content (AvgIpc) is 3.27. The van der Waals surface area contributed by atoms with Gasteiger partial charge in [0.15, 0.2) is 0 Å². The molecule has 1 aromatic carbocycles. The highest BCUT2D eigenvalue weighted by atomic mass is 32.2. The molecule has 0 radical (unpaired) electrons. The van der Waals surface area contributed by atoms with E-state index in [2.05, 4.69) is 31.0 Å². The number of sulfonamides is 1. The van der Waals surface area contributed by atoms with Gasteiger partial charge in [0.1, 0.15) is 0 Å². The standard InChI is InChI=1S/C17H20N2O2S/c1-11(2)13-7-8-19-17(9-13)16-10-15(16)12-3-5-14(6-4-12)22(18,20)21/h3-9,11,15-16H,10H2,1-2H3,(H2,18,20,21)/t15-,16+/m0/s1. The SMILES string of the molecule is CC(C)c1ccnc([C@@H]2C[C@H]2c2ccc(S(N)(=O)=O)cc2)c1. The summed E-state index contributed by atoms with van der Waals surface area (Å²) in [6.07, 6.45) is 2.94. The third kappa shape index (κ3) is 3.05. The molecule has 0 spiro atoms. The summed E-state index contributed by atoms with van der Waals surface area (Å²) in [4.78, 5) is 4.66. The summed E-state index contributed by atoms with van der Waals surface area (Å²) < 4.78 is 22.6. The number of primary sulfonamides is 1. The van der Waals surface area contributed by atoms with Gasteiger partial charge in [0, 0.05) is 17.8 Å². The molecule has 0 bridgehead atoms. The van der Waals surface area contributed by atoms with Crippen LogP contribution < -0.4 is 5.14 Å². The van der Waals surface area contributed by atoms with E-state index >= 15 is 0 Å². The normalized spacial score (nSPS) is 21.1. The van der Waals surface area contributed by atoms with Gasteiger partial charge in [0.25, 0.3) is 0 Å². The Bertz CT molecular complexity index is 783. The Hall–Kier alpha value is -1.72. The van der Waals surface area contributed by atoms with Crippen molar-refractivity contribution in [2.24, 2.45) is 5.14 Å². The zero-order valence-electron chi connectivity index (χ0n) is 12.7. The van der Waals surface area contributed by atoms with Crippen molar-refractivity contribution in [3.63, 3.8) is 0 Å². The molecule has 116 valence electrons. The monoisotopic (exact) mass is 316 g/mol. The van der Waals surface area contributed by atoms with Crippen LogP contribution in [0.25, 0.3) is 0 Å². The third-order valence-electron chi connectivity index (χ3n) is 4.28. The fraction of sp³-hybridized carbons (Fsp3) is 0.353. The largest absolute Gasteiger partial charge is 0.261 e. The fourth-order valence-electron chi connectivity index (χ4n) is 2.82. The topological polar surface area (TPSA) is 73.0 Å². The highest BCUT2D eigenvalue weighted by Gasteiger charge is 2.40. The van der Waals surface area contributed by atoms with E-state index < -0.39 is 10.0 Å². The summed E-state index contributed by atoms with van der Waals surface area (Å²) in [5.41, 5.74) is 3.58.